The molecule has 0 spiro atoms. The molecular weight excluding hydrogens is 277 g/mol. The topological polar surface area (TPSA) is 0 Å². The largest absolute Gasteiger partial charge is 0.208 e. The number of rotatable bonds is 3. The molecule has 0 amide bonds. The fourth-order valence-corrected chi connectivity index (χ4v) is 2.49. The summed E-state index contributed by atoms with van der Waals surface area (Å²) in [4.78, 5) is 0. The van der Waals surface area contributed by atoms with Gasteiger partial charge in [0.15, 0.2) is 7.28 Å². The molecule has 107 valence electrons. The Morgan fingerprint density at radius 2 is 1.32 bits per heavy atom. The number of hydrogen-bond donors (Lipinski definition) is 0. The third kappa shape index (κ3) is 2.80. The summed E-state index contributed by atoms with van der Waals surface area (Å²) in [6.07, 6.45) is 0. The highest BCUT2D eigenvalue weighted by atomic mass is 19.1. The predicted octanol–water partition coefficient (Wildman–Crippen LogP) is 4.68. The molecule has 3 aromatic rings. The van der Waals surface area contributed by atoms with Gasteiger partial charge in [-0.2, -0.15) is 0 Å². The van der Waals surface area contributed by atoms with Gasteiger partial charge in [-0.1, -0.05) is 66.9 Å². The summed E-state index contributed by atoms with van der Waals surface area (Å²) in [7, 11) is 1.71. The molecule has 0 fully saturated rings. The highest BCUT2D eigenvalue weighted by Gasteiger charge is 2.09. The second kappa shape index (κ2) is 6.14. The molecule has 22 heavy (non-hydrogen) atoms. The summed E-state index contributed by atoms with van der Waals surface area (Å²) < 4.78 is 28.2. The highest BCUT2D eigenvalue weighted by molar-refractivity contribution is 6.52. The van der Waals surface area contributed by atoms with E-state index >= 15 is 0 Å². The van der Waals surface area contributed by atoms with Crippen LogP contribution in [-0.2, 0) is 0 Å². The predicted molar refractivity (Wildman–Crippen MR) is 88.5 cm³/mol. The van der Waals surface area contributed by atoms with Crippen LogP contribution in [0, 0.1) is 11.6 Å². The first kappa shape index (κ1) is 14.5. The van der Waals surface area contributed by atoms with Crippen LogP contribution in [0.3, 0.4) is 0 Å². The van der Waals surface area contributed by atoms with Gasteiger partial charge in [-0.3, -0.25) is 0 Å². The minimum absolute atomic E-state index is 0.299. The second-order valence-corrected chi connectivity index (χ2v) is 5.09. The maximum atomic E-state index is 14.4. The van der Waals surface area contributed by atoms with Crippen LogP contribution in [0.2, 0.25) is 6.82 Å². The zero-order chi connectivity index (χ0) is 15.5. The third-order valence-electron chi connectivity index (χ3n) is 3.70. The van der Waals surface area contributed by atoms with Crippen LogP contribution in [-0.4, -0.2) is 7.28 Å². The molecule has 0 aliphatic rings. The van der Waals surface area contributed by atoms with Gasteiger partial charge in [0.1, 0.15) is 11.6 Å². The molecule has 0 saturated heterocycles. The normalized spacial score (nSPS) is 10.5. The summed E-state index contributed by atoms with van der Waals surface area (Å²) in [6, 6.07) is 19.3. The van der Waals surface area contributed by atoms with Crippen molar-refractivity contribution in [3.05, 3.63) is 78.4 Å². The molecular formula is C19H14BF2. The second-order valence-electron chi connectivity index (χ2n) is 5.09. The Labute approximate surface area is 129 Å². The molecule has 0 nitrogen and oxygen atoms in total. The van der Waals surface area contributed by atoms with Crippen LogP contribution in [0.4, 0.5) is 8.78 Å². The molecule has 3 rings (SSSR count). The Hall–Kier alpha value is -2.42. The van der Waals surface area contributed by atoms with Crippen molar-refractivity contribution in [3.8, 4) is 22.3 Å². The van der Waals surface area contributed by atoms with Crippen LogP contribution in [0.15, 0.2) is 66.7 Å². The van der Waals surface area contributed by atoms with E-state index in [1.807, 2.05) is 36.4 Å². The summed E-state index contributed by atoms with van der Waals surface area (Å²) in [5.74, 6) is -0.609. The summed E-state index contributed by atoms with van der Waals surface area (Å²) in [5.41, 5.74) is 3.25. The van der Waals surface area contributed by atoms with Gasteiger partial charge in [-0.15, -0.1) is 0 Å². The Kier molecular flexibility index (Phi) is 4.05. The van der Waals surface area contributed by atoms with Crippen molar-refractivity contribution in [2.24, 2.45) is 0 Å². The first-order chi connectivity index (χ1) is 10.7. The van der Waals surface area contributed by atoms with E-state index in [9.17, 15) is 8.78 Å². The fraction of sp³-hybridized carbons (Fsp3) is 0.0526. The molecule has 3 heteroatoms. The summed E-state index contributed by atoms with van der Waals surface area (Å²) in [6.45, 7) is 1.78. The lowest BCUT2D eigenvalue weighted by Crippen LogP contribution is -2.14. The van der Waals surface area contributed by atoms with Crippen LogP contribution in [0.1, 0.15) is 0 Å². The molecule has 0 atom stereocenters. The number of hydrogen-bond acceptors (Lipinski definition) is 0. The number of benzene rings is 3. The van der Waals surface area contributed by atoms with E-state index in [1.165, 1.54) is 12.1 Å². The summed E-state index contributed by atoms with van der Waals surface area (Å²) in [5, 5.41) is 0. The lowest BCUT2D eigenvalue weighted by atomic mass is 9.73. The van der Waals surface area contributed by atoms with Crippen LogP contribution >= 0.6 is 0 Å². The van der Waals surface area contributed by atoms with Gasteiger partial charge in [0.05, 0.1) is 0 Å². The molecule has 1 radical (unpaired) electrons. The van der Waals surface area contributed by atoms with Gasteiger partial charge in [0, 0.05) is 5.56 Å². The monoisotopic (exact) mass is 291 g/mol. The molecule has 0 unspecified atom stereocenters. The Morgan fingerprint density at radius 1 is 0.682 bits per heavy atom. The Morgan fingerprint density at radius 3 is 1.91 bits per heavy atom. The molecule has 0 aromatic heterocycles. The molecule has 0 N–H and O–H groups in total. The van der Waals surface area contributed by atoms with Gasteiger partial charge in [-0.25, -0.2) is 8.78 Å². The Bertz CT molecular complexity index is 798. The molecule has 0 heterocycles. The van der Waals surface area contributed by atoms with Gasteiger partial charge < -0.3 is 0 Å². The van der Waals surface area contributed by atoms with E-state index in [-0.39, 0.29) is 11.6 Å². The average Bonchev–Trinajstić information content (AvgIpc) is 2.55. The first-order valence-corrected chi connectivity index (χ1v) is 7.13. The minimum Gasteiger partial charge on any atom is -0.208 e. The van der Waals surface area contributed by atoms with Crippen molar-refractivity contribution in [2.45, 2.75) is 6.82 Å². The van der Waals surface area contributed by atoms with Crippen LogP contribution in [0.5, 0.6) is 0 Å². The third-order valence-corrected chi connectivity index (χ3v) is 3.70. The maximum Gasteiger partial charge on any atom is 0.152 e. The van der Waals surface area contributed by atoms with Crippen molar-refractivity contribution < 1.29 is 8.78 Å². The zero-order valence-electron chi connectivity index (χ0n) is 12.2. The number of halogens is 2. The molecule has 0 aliphatic heterocycles. The lowest BCUT2D eigenvalue weighted by molar-refractivity contribution is 0.631. The van der Waals surface area contributed by atoms with Gasteiger partial charge in [0.25, 0.3) is 0 Å². The van der Waals surface area contributed by atoms with E-state index in [2.05, 4.69) is 0 Å². The van der Waals surface area contributed by atoms with Gasteiger partial charge >= 0.3 is 0 Å². The minimum atomic E-state index is -0.310. The van der Waals surface area contributed by atoms with Crippen LogP contribution < -0.4 is 5.46 Å². The van der Waals surface area contributed by atoms with Gasteiger partial charge in [0.2, 0.25) is 0 Å². The SMILES string of the molecule is C[B]c1ccc(-c2ccc(-c3ccccc3)c(F)c2)cc1F. The summed E-state index contributed by atoms with van der Waals surface area (Å²) >= 11 is 0. The van der Waals surface area contributed by atoms with E-state index in [0.29, 0.717) is 22.2 Å². The molecule has 0 bridgehead atoms. The zero-order valence-corrected chi connectivity index (χ0v) is 12.2. The smallest absolute Gasteiger partial charge is 0.152 e. The fourth-order valence-electron chi connectivity index (χ4n) is 2.49. The lowest BCUT2D eigenvalue weighted by Gasteiger charge is -2.08. The maximum absolute atomic E-state index is 14.4. The van der Waals surface area contributed by atoms with E-state index in [0.717, 1.165) is 5.56 Å². The standard InChI is InChI=1S/C19H14BF2/c1-20-17-10-8-15(12-19(17)22)14-7-9-16(18(21)11-14)13-5-3-2-4-6-13/h2-12H,1H3. The van der Waals surface area contributed by atoms with Crippen molar-refractivity contribution in [2.75, 3.05) is 0 Å². The molecule has 0 aliphatic carbocycles. The van der Waals surface area contributed by atoms with Crippen molar-refractivity contribution in [3.63, 3.8) is 0 Å². The quantitative estimate of drug-likeness (QED) is 0.615. The van der Waals surface area contributed by atoms with Crippen molar-refractivity contribution in [1.82, 2.24) is 0 Å². The average molecular weight is 291 g/mol. The van der Waals surface area contributed by atoms with Crippen LogP contribution in [0.25, 0.3) is 22.3 Å². The molecule has 0 saturated carbocycles. The van der Waals surface area contributed by atoms with E-state index in [1.54, 1.807) is 32.3 Å². The Balaban J connectivity index is 2.00. The highest BCUT2D eigenvalue weighted by Crippen LogP contribution is 2.27. The van der Waals surface area contributed by atoms with E-state index < -0.39 is 0 Å². The van der Waals surface area contributed by atoms with Crippen molar-refractivity contribution in [1.29, 1.82) is 0 Å². The van der Waals surface area contributed by atoms with E-state index in [4.69, 9.17) is 0 Å². The van der Waals surface area contributed by atoms with Gasteiger partial charge in [-0.05, 0) is 28.8 Å². The van der Waals surface area contributed by atoms with Crippen molar-refractivity contribution >= 4 is 12.7 Å². The molecule has 3 aromatic carbocycles. The first-order valence-electron chi connectivity index (χ1n) is 7.13.